The van der Waals surface area contributed by atoms with Crippen molar-refractivity contribution in [1.82, 2.24) is 9.55 Å². The van der Waals surface area contributed by atoms with Gasteiger partial charge in [-0.25, -0.2) is 4.98 Å². The van der Waals surface area contributed by atoms with Crippen LogP contribution in [0.4, 0.5) is 0 Å². The van der Waals surface area contributed by atoms with Crippen molar-refractivity contribution in [3.05, 3.63) is 29.0 Å². The van der Waals surface area contributed by atoms with E-state index >= 15 is 0 Å². The molecule has 4 heteroatoms. The fourth-order valence-corrected chi connectivity index (χ4v) is 1.98. The molecule has 0 aliphatic rings. The monoisotopic (exact) mass is 236 g/mol. The van der Waals surface area contributed by atoms with Crippen LogP contribution < -0.4 is 0 Å². The van der Waals surface area contributed by atoms with E-state index in [0.29, 0.717) is 17.5 Å². The van der Waals surface area contributed by atoms with Gasteiger partial charge in [-0.15, -0.1) is 0 Å². The molecule has 0 aliphatic carbocycles. The van der Waals surface area contributed by atoms with Crippen LogP contribution in [0, 0.1) is 0 Å². The molecule has 0 unspecified atom stereocenters. The van der Waals surface area contributed by atoms with E-state index in [4.69, 9.17) is 11.6 Å². The maximum Gasteiger partial charge on any atom is 0.124 e. The van der Waals surface area contributed by atoms with Crippen LogP contribution >= 0.6 is 11.6 Å². The zero-order chi connectivity index (χ0) is 11.7. The second-order valence-corrected chi connectivity index (χ2v) is 4.46. The highest BCUT2D eigenvalue weighted by Gasteiger charge is 2.09. The minimum absolute atomic E-state index is 0.337. The van der Waals surface area contributed by atoms with Gasteiger partial charge in [0, 0.05) is 17.5 Å². The largest absolute Gasteiger partial charge is 0.328 e. The van der Waals surface area contributed by atoms with Crippen molar-refractivity contribution in [3.8, 4) is 0 Å². The summed E-state index contributed by atoms with van der Waals surface area (Å²) in [4.78, 5) is 14.8. The number of imidazole rings is 1. The molecule has 1 aromatic carbocycles. The third-order valence-corrected chi connectivity index (χ3v) is 2.95. The lowest BCUT2D eigenvalue weighted by molar-refractivity contribution is -0.107. The van der Waals surface area contributed by atoms with Gasteiger partial charge in [0.15, 0.2) is 0 Å². The molecule has 16 heavy (non-hydrogen) atoms. The second-order valence-electron chi connectivity index (χ2n) is 4.05. The fourth-order valence-electron chi connectivity index (χ4n) is 1.75. The second kappa shape index (κ2) is 4.26. The molecule has 0 fully saturated rings. The number of aromatic nitrogens is 2. The molecule has 0 aliphatic heterocycles. The molecule has 0 N–H and O–H groups in total. The molecule has 0 saturated carbocycles. The van der Waals surface area contributed by atoms with Crippen molar-refractivity contribution in [3.63, 3.8) is 0 Å². The first-order valence-corrected chi connectivity index (χ1v) is 5.60. The maximum atomic E-state index is 10.5. The van der Waals surface area contributed by atoms with Crippen LogP contribution in [0.1, 0.15) is 25.5 Å². The average Bonchev–Trinajstić information content (AvgIpc) is 2.61. The van der Waals surface area contributed by atoms with Gasteiger partial charge < -0.3 is 9.36 Å². The topological polar surface area (TPSA) is 34.9 Å². The van der Waals surface area contributed by atoms with Gasteiger partial charge in [-0.05, 0) is 31.5 Å². The normalized spacial score (nSPS) is 11.2. The summed E-state index contributed by atoms with van der Waals surface area (Å²) in [7, 11) is 0. The molecule has 3 nitrogen and oxygen atoms in total. The number of aldehydes is 1. The summed E-state index contributed by atoms with van der Waals surface area (Å²) in [5.74, 6) is 0. The van der Waals surface area contributed by atoms with Crippen molar-refractivity contribution < 1.29 is 4.79 Å². The summed E-state index contributed by atoms with van der Waals surface area (Å²) in [6.45, 7) is 4.18. The SMILES string of the molecule is CC(C)n1cnc2cc(CC=O)c(Cl)cc21. The molecule has 0 spiro atoms. The fraction of sp³-hybridized carbons (Fsp3) is 0.333. The van der Waals surface area contributed by atoms with E-state index in [2.05, 4.69) is 23.4 Å². The number of hydrogen-bond acceptors (Lipinski definition) is 2. The molecule has 0 radical (unpaired) electrons. The van der Waals surface area contributed by atoms with Crippen molar-refractivity contribution in [2.45, 2.75) is 26.3 Å². The number of fused-ring (bicyclic) bond motifs is 1. The first-order valence-electron chi connectivity index (χ1n) is 5.22. The van der Waals surface area contributed by atoms with Crippen molar-refractivity contribution in [2.75, 3.05) is 0 Å². The zero-order valence-electron chi connectivity index (χ0n) is 9.27. The average molecular weight is 237 g/mol. The van der Waals surface area contributed by atoms with E-state index in [-0.39, 0.29) is 0 Å². The maximum absolute atomic E-state index is 10.5. The van der Waals surface area contributed by atoms with Crippen LogP contribution in [0.25, 0.3) is 11.0 Å². The van der Waals surface area contributed by atoms with Gasteiger partial charge in [0.05, 0.1) is 17.4 Å². The first-order chi connectivity index (χ1) is 7.63. The Balaban J connectivity index is 2.61. The lowest BCUT2D eigenvalue weighted by Gasteiger charge is -2.08. The van der Waals surface area contributed by atoms with E-state index in [9.17, 15) is 4.79 Å². The van der Waals surface area contributed by atoms with Gasteiger partial charge in [0.2, 0.25) is 0 Å². The predicted octanol–water partition coefficient (Wildman–Crippen LogP) is 3.01. The Bertz CT molecular complexity index is 531. The lowest BCUT2D eigenvalue weighted by atomic mass is 10.1. The standard InChI is InChI=1S/C12H13ClN2O/c1-8(2)15-7-14-11-5-9(3-4-16)10(13)6-12(11)15/h4-8H,3H2,1-2H3. The van der Waals surface area contributed by atoms with Gasteiger partial charge >= 0.3 is 0 Å². The van der Waals surface area contributed by atoms with Crippen LogP contribution in [-0.4, -0.2) is 15.8 Å². The Kier molecular flexibility index (Phi) is 2.97. The van der Waals surface area contributed by atoms with Gasteiger partial charge in [0.25, 0.3) is 0 Å². The van der Waals surface area contributed by atoms with Crippen molar-refractivity contribution in [2.24, 2.45) is 0 Å². The summed E-state index contributed by atoms with van der Waals surface area (Å²) >= 11 is 6.12. The molecular formula is C12H13ClN2O. The molecular weight excluding hydrogens is 224 g/mol. The quantitative estimate of drug-likeness (QED) is 0.768. The Morgan fingerprint density at radius 1 is 1.50 bits per heavy atom. The number of nitrogens with zero attached hydrogens (tertiary/aromatic N) is 2. The van der Waals surface area contributed by atoms with E-state index in [1.807, 2.05) is 12.1 Å². The Labute approximate surface area is 99.0 Å². The highest BCUT2D eigenvalue weighted by atomic mass is 35.5. The van der Waals surface area contributed by atoms with Crippen LogP contribution in [0.3, 0.4) is 0 Å². The zero-order valence-corrected chi connectivity index (χ0v) is 10.0. The highest BCUT2D eigenvalue weighted by molar-refractivity contribution is 6.32. The van der Waals surface area contributed by atoms with Gasteiger partial charge in [0.1, 0.15) is 6.29 Å². The van der Waals surface area contributed by atoms with E-state index in [1.54, 1.807) is 6.33 Å². The lowest BCUT2D eigenvalue weighted by Crippen LogP contribution is -1.98. The van der Waals surface area contributed by atoms with Crippen LogP contribution in [0.2, 0.25) is 5.02 Å². The molecule has 1 heterocycles. The molecule has 0 saturated heterocycles. The third kappa shape index (κ3) is 1.83. The number of benzene rings is 1. The van der Waals surface area contributed by atoms with Crippen molar-refractivity contribution in [1.29, 1.82) is 0 Å². The Hall–Kier alpha value is -1.35. The molecule has 2 rings (SSSR count). The highest BCUT2D eigenvalue weighted by Crippen LogP contribution is 2.25. The molecule has 2 aromatic rings. The van der Waals surface area contributed by atoms with Gasteiger partial charge in [-0.3, -0.25) is 0 Å². The summed E-state index contributed by atoms with van der Waals surface area (Å²) in [5.41, 5.74) is 2.72. The van der Waals surface area contributed by atoms with Crippen molar-refractivity contribution >= 4 is 28.9 Å². The number of carbonyl (C=O) groups is 1. The van der Waals surface area contributed by atoms with E-state index in [0.717, 1.165) is 22.9 Å². The number of carbonyl (C=O) groups excluding carboxylic acids is 1. The predicted molar refractivity (Wildman–Crippen MR) is 64.9 cm³/mol. The molecule has 84 valence electrons. The minimum atomic E-state index is 0.337. The summed E-state index contributed by atoms with van der Waals surface area (Å²) in [5, 5.41) is 0.627. The van der Waals surface area contributed by atoms with E-state index < -0.39 is 0 Å². The molecule has 0 amide bonds. The Morgan fingerprint density at radius 3 is 2.88 bits per heavy atom. The first kappa shape index (κ1) is 11.1. The molecule has 0 atom stereocenters. The number of halogens is 1. The van der Waals surface area contributed by atoms with Gasteiger partial charge in [-0.1, -0.05) is 11.6 Å². The molecule has 0 bridgehead atoms. The smallest absolute Gasteiger partial charge is 0.124 e. The summed E-state index contributed by atoms with van der Waals surface area (Å²) in [6, 6.07) is 4.10. The number of rotatable bonds is 3. The molecule has 1 aromatic heterocycles. The summed E-state index contributed by atoms with van der Waals surface area (Å²) < 4.78 is 2.06. The Morgan fingerprint density at radius 2 is 2.25 bits per heavy atom. The van der Waals surface area contributed by atoms with E-state index in [1.165, 1.54) is 0 Å². The summed E-state index contributed by atoms with van der Waals surface area (Å²) in [6.07, 6.45) is 2.99. The van der Waals surface area contributed by atoms with Crippen LogP contribution in [0.5, 0.6) is 0 Å². The number of hydrogen-bond donors (Lipinski definition) is 0. The van der Waals surface area contributed by atoms with Gasteiger partial charge in [-0.2, -0.15) is 0 Å². The minimum Gasteiger partial charge on any atom is -0.328 e. The van der Waals surface area contributed by atoms with Crippen LogP contribution in [-0.2, 0) is 11.2 Å². The third-order valence-electron chi connectivity index (χ3n) is 2.60. The van der Waals surface area contributed by atoms with Crippen LogP contribution in [0.15, 0.2) is 18.5 Å².